The Morgan fingerprint density at radius 1 is 0.564 bits per heavy atom. The average Bonchev–Trinajstić information content (AvgIpc) is 3.68. The molecule has 0 atom stereocenters. The SMILES string of the molecule is c1ccc2c(c1)ccc1c2c2ccccc2n1-c1ccc(-c2nc3c(ccc4sc5ccccc5c43)o2)cc1. The van der Waals surface area contributed by atoms with Gasteiger partial charge in [0.2, 0.25) is 5.89 Å². The van der Waals surface area contributed by atoms with Gasteiger partial charge in [0.05, 0.1) is 11.0 Å². The summed E-state index contributed by atoms with van der Waals surface area (Å²) in [6, 6.07) is 43.0. The van der Waals surface area contributed by atoms with E-state index in [0.717, 1.165) is 22.4 Å². The van der Waals surface area contributed by atoms with Gasteiger partial charge < -0.3 is 8.98 Å². The van der Waals surface area contributed by atoms with E-state index in [0.29, 0.717) is 5.89 Å². The third kappa shape index (κ3) is 2.95. The molecule has 0 aliphatic rings. The first-order chi connectivity index (χ1) is 19.3. The second-order valence-corrected chi connectivity index (χ2v) is 11.1. The minimum Gasteiger partial charge on any atom is -0.436 e. The van der Waals surface area contributed by atoms with Gasteiger partial charge in [-0.2, -0.15) is 0 Å². The van der Waals surface area contributed by atoms with Crippen molar-refractivity contribution < 1.29 is 4.42 Å². The molecule has 0 spiro atoms. The molecule has 6 aromatic carbocycles. The zero-order chi connectivity index (χ0) is 25.5. The lowest BCUT2D eigenvalue weighted by molar-refractivity contribution is 0.620. The lowest BCUT2D eigenvalue weighted by Crippen LogP contribution is -1.93. The Morgan fingerprint density at radius 2 is 1.33 bits per heavy atom. The molecule has 3 heterocycles. The van der Waals surface area contributed by atoms with E-state index >= 15 is 0 Å². The summed E-state index contributed by atoms with van der Waals surface area (Å²) >= 11 is 1.80. The van der Waals surface area contributed by atoms with Gasteiger partial charge in [-0.25, -0.2) is 4.98 Å². The van der Waals surface area contributed by atoms with E-state index in [1.54, 1.807) is 11.3 Å². The van der Waals surface area contributed by atoms with Crippen molar-refractivity contribution in [1.82, 2.24) is 9.55 Å². The van der Waals surface area contributed by atoms with Crippen molar-refractivity contribution in [2.24, 2.45) is 0 Å². The van der Waals surface area contributed by atoms with Crippen molar-refractivity contribution in [3.63, 3.8) is 0 Å². The van der Waals surface area contributed by atoms with Crippen LogP contribution in [0, 0.1) is 0 Å². The monoisotopic (exact) mass is 516 g/mol. The van der Waals surface area contributed by atoms with Crippen LogP contribution in [-0.4, -0.2) is 9.55 Å². The zero-order valence-electron chi connectivity index (χ0n) is 20.8. The molecule has 0 bridgehead atoms. The molecule has 3 nitrogen and oxygen atoms in total. The third-order valence-electron chi connectivity index (χ3n) is 7.83. The second kappa shape index (κ2) is 7.79. The van der Waals surface area contributed by atoms with Gasteiger partial charge in [0.1, 0.15) is 5.52 Å². The number of nitrogens with zero attached hydrogens (tertiary/aromatic N) is 2. The molecule has 0 fully saturated rings. The van der Waals surface area contributed by atoms with E-state index in [-0.39, 0.29) is 0 Å². The van der Waals surface area contributed by atoms with Crippen LogP contribution in [0.25, 0.3) is 81.0 Å². The van der Waals surface area contributed by atoms with Crippen molar-refractivity contribution in [3.05, 3.63) is 121 Å². The van der Waals surface area contributed by atoms with E-state index in [2.05, 4.69) is 120 Å². The van der Waals surface area contributed by atoms with Crippen molar-refractivity contribution in [2.75, 3.05) is 0 Å². The number of thiophene rings is 1. The molecule has 0 aliphatic heterocycles. The Bertz CT molecular complexity index is 2390. The standard InChI is InChI=1S/C35H20N2OS/c1-2-8-24-21(7-1)15-18-28-32(24)25-9-3-5-11-27(25)37(28)23-16-13-22(14-17-23)35-36-34-29(38-35)19-20-31-33(34)26-10-4-6-12-30(26)39-31/h1-20H. The maximum absolute atomic E-state index is 6.29. The summed E-state index contributed by atoms with van der Waals surface area (Å²) in [5.74, 6) is 0.646. The second-order valence-electron chi connectivity index (χ2n) is 9.98. The Kier molecular flexibility index (Phi) is 4.21. The van der Waals surface area contributed by atoms with Crippen molar-refractivity contribution in [1.29, 1.82) is 0 Å². The number of rotatable bonds is 2. The molecule has 0 N–H and O–H groups in total. The van der Waals surface area contributed by atoms with Crippen LogP contribution < -0.4 is 0 Å². The van der Waals surface area contributed by atoms with Crippen LogP contribution in [0.3, 0.4) is 0 Å². The number of oxazole rings is 1. The highest BCUT2D eigenvalue weighted by Crippen LogP contribution is 2.40. The zero-order valence-corrected chi connectivity index (χ0v) is 21.6. The van der Waals surface area contributed by atoms with Crippen LogP contribution in [0.4, 0.5) is 0 Å². The van der Waals surface area contributed by atoms with Crippen LogP contribution in [0.1, 0.15) is 0 Å². The molecule has 9 rings (SSSR count). The van der Waals surface area contributed by atoms with E-state index in [1.807, 2.05) is 6.07 Å². The van der Waals surface area contributed by atoms with Crippen molar-refractivity contribution in [3.8, 4) is 17.1 Å². The molecule has 0 aliphatic carbocycles. The first-order valence-electron chi connectivity index (χ1n) is 13.1. The Hall–Kier alpha value is -4.93. The summed E-state index contributed by atoms with van der Waals surface area (Å²) in [5.41, 5.74) is 6.23. The van der Waals surface area contributed by atoms with Crippen LogP contribution >= 0.6 is 11.3 Å². The highest BCUT2D eigenvalue weighted by molar-refractivity contribution is 7.26. The van der Waals surface area contributed by atoms with Gasteiger partial charge in [-0.15, -0.1) is 11.3 Å². The molecular formula is C35H20N2OS. The Balaban J connectivity index is 1.22. The maximum atomic E-state index is 6.29. The third-order valence-corrected chi connectivity index (χ3v) is 8.97. The van der Waals surface area contributed by atoms with E-state index in [1.165, 1.54) is 52.8 Å². The van der Waals surface area contributed by atoms with Gasteiger partial charge in [-0.05, 0) is 65.4 Å². The maximum Gasteiger partial charge on any atom is 0.227 e. The van der Waals surface area contributed by atoms with Crippen molar-refractivity contribution >= 4 is 75.2 Å². The van der Waals surface area contributed by atoms with Crippen LogP contribution in [-0.2, 0) is 0 Å². The van der Waals surface area contributed by atoms with Gasteiger partial charge in [0.15, 0.2) is 5.58 Å². The van der Waals surface area contributed by atoms with E-state index in [9.17, 15) is 0 Å². The fraction of sp³-hybridized carbons (Fsp3) is 0. The average molecular weight is 517 g/mol. The number of hydrogen-bond acceptors (Lipinski definition) is 3. The molecule has 0 amide bonds. The van der Waals surface area contributed by atoms with Crippen LogP contribution in [0.2, 0.25) is 0 Å². The highest BCUT2D eigenvalue weighted by Gasteiger charge is 2.17. The van der Waals surface area contributed by atoms with E-state index in [4.69, 9.17) is 9.40 Å². The molecule has 0 saturated carbocycles. The number of hydrogen-bond donors (Lipinski definition) is 0. The first kappa shape index (κ1) is 21.1. The van der Waals surface area contributed by atoms with Crippen molar-refractivity contribution in [2.45, 2.75) is 0 Å². The van der Waals surface area contributed by atoms with Gasteiger partial charge in [-0.3, -0.25) is 0 Å². The van der Waals surface area contributed by atoms with Gasteiger partial charge >= 0.3 is 0 Å². The molecule has 3 aromatic heterocycles. The summed E-state index contributed by atoms with van der Waals surface area (Å²) < 4.78 is 11.1. The number of benzene rings is 6. The fourth-order valence-corrected chi connectivity index (χ4v) is 7.20. The minimum absolute atomic E-state index is 0.646. The Morgan fingerprint density at radius 3 is 2.23 bits per heavy atom. The molecular weight excluding hydrogens is 496 g/mol. The topological polar surface area (TPSA) is 31.0 Å². The molecule has 0 unspecified atom stereocenters. The Labute approximate surface area is 227 Å². The molecule has 4 heteroatoms. The van der Waals surface area contributed by atoms with E-state index < -0.39 is 0 Å². The molecule has 182 valence electrons. The van der Waals surface area contributed by atoms with Crippen LogP contribution in [0.5, 0.6) is 0 Å². The number of fused-ring (bicyclic) bond motifs is 10. The summed E-state index contributed by atoms with van der Waals surface area (Å²) in [4.78, 5) is 4.99. The van der Waals surface area contributed by atoms with Gasteiger partial charge in [-0.1, -0.05) is 66.7 Å². The summed E-state index contributed by atoms with van der Waals surface area (Å²) in [6.07, 6.45) is 0. The lowest BCUT2D eigenvalue weighted by atomic mass is 10.0. The molecule has 0 radical (unpaired) electrons. The smallest absolute Gasteiger partial charge is 0.227 e. The van der Waals surface area contributed by atoms with Gasteiger partial charge in [0, 0.05) is 42.2 Å². The number of aromatic nitrogens is 2. The summed E-state index contributed by atoms with van der Waals surface area (Å²) in [7, 11) is 0. The molecule has 0 saturated heterocycles. The van der Waals surface area contributed by atoms with Gasteiger partial charge in [0.25, 0.3) is 0 Å². The predicted molar refractivity (Wildman–Crippen MR) is 164 cm³/mol. The summed E-state index contributed by atoms with van der Waals surface area (Å²) in [5, 5.41) is 7.50. The van der Waals surface area contributed by atoms with Crippen LogP contribution in [0.15, 0.2) is 126 Å². The molecule has 9 aromatic rings. The quantitative estimate of drug-likeness (QED) is 0.229. The molecule has 39 heavy (non-hydrogen) atoms. The lowest BCUT2D eigenvalue weighted by Gasteiger charge is -2.09. The summed E-state index contributed by atoms with van der Waals surface area (Å²) in [6.45, 7) is 0. The number of para-hydroxylation sites is 1. The largest absolute Gasteiger partial charge is 0.436 e. The minimum atomic E-state index is 0.646. The first-order valence-corrected chi connectivity index (χ1v) is 13.9. The predicted octanol–water partition coefficient (Wildman–Crippen LogP) is 10.1. The highest BCUT2D eigenvalue weighted by atomic mass is 32.1. The normalized spacial score (nSPS) is 12.1. The fourth-order valence-electron chi connectivity index (χ4n) is 6.10.